The van der Waals surface area contributed by atoms with Crippen LogP contribution in [0, 0.1) is 11.8 Å². The van der Waals surface area contributed by atoms with Gasteiger partial charge in [-0.3, -0.25) is 9.59 Å². The fraction of sp³-hybridized carbons (Fsp3) is 0.889. The molecule has 0 rings (SSSR count). The molecule has 23 heavy (non-hydrogen) atoms. The predicted octanol–water partition coefficient (Wildman–Crippen LogP) is 5.35. The van der Waals surface area contributed by atoms with Crippen molar-refractivity contribution in [3.05, 3.63) is 0 Å². The topological polar surface area (TPSA) is 74.6 Å². The summed E-state index contributed by atoms with van der Waals surface area (Å²) < 4.78 is 0. The zero-order chi connectivity index (χ0) is 17.4. The van der Waals surface area contributed by atoms with E-state index in [4.69, 9.17) is 10.2 Å². The van der Waals surface area contributed by atoms with Crippen LogP contribution in [0.3, 0.4) is 0 Å². The molecule has 0 saturated carbocycles. The summed E-state index contributed by atoms with van der Waals surface area (Å²) in [6, 6.07) is 0. The summed E-state index contributed by atoms with van der Waals surface area (Å²) >= 11 is 0. The Morgan fingerprint density at radius 3 is 1.39 bits per heavy atom. The third-order valence-electron chi connectivity index (χ3n) is 4.00. The first-order valence-corrected chi connectivity index (χ1v) is 8.89. The summed E-state index contributed by atoms with van der Waals surface area (Å²) in [6.07, 6.45) is 10.0. The summed E-state index contributed by atoms with van der Waals surface area (Å²) in [6.45, 7) is 8.11. The van der Waals surface area contributed by atoms with Crippen molar-refractivity contribution in [2.75, 3.05) is 0 Å². The van der Waals surface area contributed by atoms with E-state index in [1.54, 1.807) is 0 Å². The molecule has 0 heterocycles. The molecule has 0 bridgehead atoms. The van der Waals surface area contributed by atoms with Crippen LogP contribution in [0.2, 0.25) is 0 Å². The number of unbranched alkanes of at least 4 members (excludes halogenated alkanes) is 4. The van der Waals surface area contributed by atoms with Crippen LogP contribution >= 0.6 is 0 Å². The molecule has 5 heteroatoms. The van der Waals surface area contributed by atoms with Crippen molar-refractivity contribution in [3.8, 4) is 0 Å². The van der Waals surface area contributed by atoms with Crippen LogP contribution in [-0.4, -0.2) is 22.2 Å². The van der Waals surface area contributed by atoms with Gasteiger partial charge >= 0.3 is 11.9 Å². The van der Waals surface area contributed by atoms with E-state index in [1.165, 1.54) is 19.3 Å². The van der Waals surface area contributed by atoms with Crippen molar-refractivity contribution in [2.24, 2.45) is 11.8 Å². The Hall–Kier alpha value is -0.437. The molecule has 2 unspecified atom stereocenters. The van der Waals surface area contributed by atoms with E-state index >= 15 is 0 Å². The van der Waals surface area contributed by atoms with Crippen LogP contribution in [0.1, 0.15) is 91.9 Å². The second-order valence-corrected chi connectivity index (χ2v) is 5.88. The third kappa shape index (κ3) is 17.7. The SMILES string of the molecule is CCCCC(CC)C(=O)O.CCCCCCC(CC)C(=O)O.[Zn]. The fourth-order valence-electron chi connectivity index (χ4n) is 2.27. The number of carboxylic acid groups (broad SMARTS) is 2. The van der Waals surface area contributed by atoms with E-state index < -0.39 is 11.9 Å². The number of carbonyl (C=O) groups is 2. The number of carboxylic acids is 2. The summed E-state index contributed by atoms with van der Waals surface area (Å²) in [7, 11) is 0. The molecule has 0 aliphatic heterocycles. The van der Waals surface area contributed by atoms with E-state index in [1.807, 2.05) is 13.8 Å². The van der Waals surface area contributed by atoms with Gasteiger partial charge in [-0.15, -0.1) is 0 Å². The molecule has 0 aliphatic carbocycles. The molecule has 134 valence electrons. The van der Waals surface area contributed by atoms with Gasteiger partial charge in [0.1, 0.15) is 0 Å². The standard InChI is InChI=1S/C10H20O2.C8H16O2.Zn/c1-3-5-6-7-8-9(4-2)10(11)12;1-3-5-6-7(4-2)8(9)10;/h9H,3-8H2,1-2H3,(H,11,12);7H,3-6H2,1-2H3,(H,9,10);. The van der Waals surface area contributed by atoms with Crippen molar-refractivity contribution in [1.82, 2.24) is 0 Å². The molecule has 0 amide bonds. The Morgan fingerprint density at radius 1 is 0.696 bits per heavy atom. The number of aliphatic carboxylic acids is 2. The van der Waals surface area contributed by atoms with Gasteiger partial charge in [0.15, 0.2) is 0 Å². The van der Waals surface area contributed by atoms with Gasteiger partial charge < -0.3 is 10.2 Å². The van der Waals surface area contributed by atoms with Crippen LogP contribution in [0.5, 0.6) is 0 Å². The van der Waals surface area contributed by atoms with Gasteiger partial charge in [0.2, 0.25) is 0 Å². The predicted molar refractivity (Wildman–Crippen MR) is 91.1 cm³/mol. The van der Waals surface area contributed by atoms with E-state index in [-0.39, 0.29) is 31.3 Å². The molecule has 0 spiro atoms. The molecule has 0 aromatic heterocycles. The number of hydrogen-bond donors (Lipinski definition) is 2. The van der Waals surface area contributed by atoms with E-state index in [0.717, 1.165) is 44.9 Å². The molecule has 0 aliphatic rings. The first-order valence-electron chi connectivity index (χ1n) is 8.89. The molecule has 0 aromatic carbocycles. The van der Waals surface area contributed by atoms with Gasteiger partial charge in [-0.05, 0) is 25.7 Å². The molecular weight excluding hydrogens is 346 g/mol. The normalized spacial score (nSPS) is 12.3. The first-order chi connectivity index (χ1) is 10.4. The maximum Gasteiger partial charge on any atom is 0.306 e. The minimum absolute atomic E-state index is 0. The number of hydrogen-bond acceptors (Lipinski definition) is 2. The second kappa shape index (κ2) is 19.6. The molecule has 2 atom stereocenters. The Kier molecular flexibility index (Phi) is 23.4. The molecule has 4 nitrogen and oxygen atoms in total. The fourth-order valence-corrected chi connectivity index (χ4v) is 2.27. The average Bonchev–Trinajstić information content (AvgIpc) is 2.48. The Labute approximate surface area is 155 Å². The van der Waals surface area contributed by atoms with E-state index in [0.29, 0.717) is 0 Å². The summed E-state index contributed by atoms with van der Waals surface area (Å²) in [4.78, 5) is 21.0. The first kappa shape index (κ1) is 27.4. The van der Waals surface area contributed by atoms with Crippen LogP contribution in [0.25, 0.3) is 0 Å². The van der Waals surface area contributed by atoms with Crippen LogP contribution in [0.4, 0.5) is 0 Å². The molecule has 0 radical (unpaired) electrons. The smallest absolute Gasteiger partial charge is 0.306 e. The Morgan fingerprint density at radius 2 is 1.09 bits per heavy atom. The minimum atomic E-state index is -0.643. The van der Waals surface area contributed by atoms with Crippen LogP contribution in [0.15, 0.2) is 0 Å². The van der Waals surface area contributed by atoms with Crippen molar-refractivity contribution in [1.29, 1.82) is 0 Å². The zero-order valence-corrected chi connectivity index (χ0v) is 18.6. The molecule has 0 saturated heterocycles. The maximum absolute atomic E-state index is 10.6. The third-order valence-corrected chi connectivity index (χ3v) is 4.00. The molecular formula is C18H36O4Zn. The van der Waals surface area contributed by atoms with Gasteiger partial charge in [-0.1, -0.05) is 66.2 Å². The van der Waals surface area contributed by atoms with Gasteiger partial charge in [-0.25, -0.2) is 0 Å². The zero-order valence-electron chi connectivity index (χ0n) is 15.6. The van der Waals surface area contributed by atoms with E-state index in [2.05, 4.69) is 13.8 Å². The Balaban J connectivity index is -0.000000338. The van der Waals surface area contributed by atoms with Crippen LogP contribution in [-0.2, 0) is 29.1 Å². The van der Waals surface area contributed by atoms with Gasteiger partial charge in [0, 0.05) is 19.5 Å². The monoisotopic (exact) mass is 380 g/mol. The summed E-state index contributed by atoms with van der Waals surface area (Å²) in [5.74, 6) is -1.49. The van der Waals surface area contributed by atoms with Crippen molar-refractivity contribution in [2.45, 2.75) is 91.9 Å². The van der Waals surface area contributed by atoms with Gasteiger partial charge in [0.05, 0.1) is 11.8 Å². The largest absolute Gasteiger partial charge is 0.481 e. The second-order valence-electron chi connectivity index (χ2n) is 5.88. The Bertz CT molecular complexity index is 282. The van der Waals surface area contributed by atoms with Gasteiger partial charge in [-0.2, -0.15) is 0 Å². The molecule has 0 aromatic rings. The van der Waals surface area contributed by atoms with E-state index in [9.17, 15) is 9.59 Å². The molecule has 0 fully saturated rings. The van der Waals surface area contributed by atoms with Crippen LogP contribution < -0.4 is 0 Å². The van der Waals surface area contributed by atoms with Crippen molar-refractivity contribution < 1.29 is 39.3 Å². The van der Waals surface area contributed by atoms with Crippen molar-refractivity contribution in [3.63, 3.8) is 0 Å². The molecule has 2 N–H and O–H groups in total. The maximum atomic E-state index is 10.6. The quantitative estimate of drug-likeness (QED) is 0.353. The summed E-state index contributed by atoms with van der Waals surface area (Å²) in [5.41, 5.74) is 0. The summed E-state index contributed by atoms with van der Waals surface area (Å²) in [5, 5.41) is 17.3. The average molecular weight is 382 g/mol. The van der Waals surface area contributed by atoms with Crippen molar-refractivity contribution >= 4 is 11.9 Å². The number of rotatable bonds is 12. The minimum Gasteiger partial charge on any atom is -0.481 e. The van der Waals surface area contributed by atoms with Gasteiger partial charge in [0.25, 0.3) is 0 Å².